The van der Waals surface area contributed by atoms with Gasteiger partial charge < -0.3 is 5.32 Å². The van der Waals surface area contributed by atoms with Crippen molar-refractivity contribution in [2.24, 2.45) is 0 Å². The second kappa shape index (κ2) is 10.2. The quantitative estimate of drug-likeness (QED) is 0.398. The van der Waals surface area contributed by atoms with Gasteiger partial charge in [0.1, 0.15) is 5.82 Å². The molecule has 37 heavy (non-hydrogen) atoms. The SMILES string of the molecule is Cc1cccc(-n2nc(C(=O)NCc3ccc(F)cc3)c(=O)n(Cc3cccc(C(F)(F)F)c3)c2=O)c1. The molecule has 0 aliphatic carbocycles. The fourth-order valence-corrected chi connectivity index (χ4v) is 3.62. The van der Waals surface area contributed by atoms with E-state index in [-0.39, 0.29) is 17.8 Å². The molecule has 11 heteroatoms. The Labute approximate surface area is 207 Å². The molecule has 4 rings (SSSR count). The third-order valence-corrected chi connectivity index (χ3v) is 5.48. The lowest BCUT2D eigenvalue weighted by Gasteiger charge is -2.14. The van der Waals surface area contributed by atoms with E-state index in [4.69, 9.17) is 0 Å². The van der Waals surface area contributed by atoms with Crippen LogP contribution in [0.3, 0.4) is 0 Å². The lowest BCUT2D eigenvalue weighted by molar-refractivity contribution is -0.137. The van der Waals surface area contributed by atoms with Gasteiger partial charge in [-0.3, -0.25) is 14.2 Å². The summed E-state index contributed by atoms with van der Waals surface area (Å²) in [6, 6.07) is 16.1. The Morgan fingerprint density at radius 3 is 2.32 bits per heavy atom. The second-order valence-corrected chi connectivity index (χ2v) is 8.28. The van der Waals surface area contributed by atoms with Gasteiger partial charge in [0, 0.05) is 6.54 Å². The number of amides is 1. The van der Waals surface area contributed by atoms with Crippen molar-refractivity contribution in [2.45, 2.75) is 26.2 Å². The molecule has 1 amide bonds. The van der Waals surface area contributed by atoms with Crippen molar-refractivity contribution in [2.75, 3.05) is 0 Å². The van der Waals surface area contributed by atoms with Crippen molar-refractivity contribution in [3.05, 3.63) is 127 Å². The zero-order valence-electron chi connectivity index (χ0n) is 19.4. The zero-order valence-corrected chi connectivity index (χ0v) is 19.4. The van der Waals surface area contributed by atoms with E-state index in [0.717, 1.165) is 22.4 Å². The van der Waals surface area contributed by atoms with Gasteiger partial charge in [0.2, 0.25) is 5.69 Å². The van der Waals surface area contributed by atoms with Gasteiger partial charge in [0.05, 0.1) is 17.8 Å². The van der Waals surface area contributed by atoms with Gasteiger partial charge in [0.15, 0.2) is 0 Å². The molecule has 0 bridgehead atoms. The molecule has 0 radical (unpaired) electrons. The molecule has 1 N–H and O–H groups in total. The third kappa shape index (κ3) is 5.83. The lowest BCUT2D eigenvalue weighted by Crippen LogP contribution is -2.46. The molecule has 4 aromatic rings. The number of hydrogen-bond acceptors (Lipinski definition) is 4. The largest absolute Gasteiger partial charge is 0.416 e. The Kier molecular flexibility index (Phi) is 7.05. The number of nitrogens with one attached hydrogen (secondary N) is 1. The second-order valence-electron chi connectivity index (χ2n) is 8.28. The normalized spacial score (nSPS) is 11.4. The molecular formula is C26H20F4N4O3. The number of alkyl halides is 3. The smallest absolute Gasteiger partial charge is 0.346 e. The van der Waals surface area contributed by atoms with Crippen molar-refractivity contribution in [1.82, 2.24) is 19.7 Å². The van der Waals surface area contributed by atoms with Crippen LogP contribution in [-0.4, -0.2) is 20.3 Å². The molecule has 1 aromatic heterocycles. The molecule has 0 atom stereocenters. The van der Waals surface area contributed by atoms with E-state index in [9.17, 15) is 31.9 Å². The highest BCUT2D eigenvalue weighted by Crippen LogP contribution is 2.29. The first kappa shape index (κ1) is 25.5. The summed E-state index contributed by atoms with van der Waals surface area (Å²) in [6.07, 6.45) is -4.62. The predicted molar refractivity (Wildman–Crippen MR) is 127 cm³/mol. The van der Waals surface area contributed by atoms with Crippen LogP contribution in [0.4, 0.5) is 17.6 Å². The minimum absolute atomic E-state index is 0.0358. The fourth-order valence-electron chi connectivity index (χ4n) is 3.62. The maximum atomic E-state index is 13.2. The summed E-state index contributed by atoms with van der Waals surface area (Å²) in [4.78, 5) is 39.4. The van der Waals surface area contributed by atoms with Gasteiger partial charge in [-0.25, -0.2) is 9.18 Å². The first-order valence-electron chi connectivity index (χ1n) is 11.0. The van der Waals surface area contributed by atoms with Crippen LogP contribution in [0.15, 0.2) is 82.4 Å². The molecule has 0 aliphatic heterocycles. The summed E-state index contributed by atoms with van der Waals surface area (Å²) in [5, 5.41) is 6.49. The Morgan fingerprint density at radius 2 is 1.65 bits per heavy atom. The minimum atomic E-state index is -4.62. The number of hydrogen-bond donors (Lipinski definition) is 1. The van der Waals surface area contributed by atoms with Gasteiger partial charge >= 0.3 is 11.9 Å². The van der Waals surface area contributed by atoms with Crippen molar-refractivity contribution in [3.8, 4) is 5.69 Å². The van der Waals surface area contributed by atoms with Gasteiger partial charge in [-0.15, -0.1) is 0 Å². The summed E-state index contributed by atoms with van der Waals surface area (Å²) >= 11 is 0. The number of aromatic nitrogens is 3. The standard InChI is InChI=1S/C26H20F4N4O3/c1-16-4-2-7-21(12-16)34-25(37)33(15-18-5-3-6-19(13-18)26(28,29)30)24(36)22(32-34)23(35)31-14-17-8-10-20(27)11-9-17/h2-13H,14-15H2,1H3,(H,31,35). The van der Waals surface area contributed by atoms with Gasteiger partial charge in [-0.05, 0) is 60.0 Å². The third-order valence-electron chi connectivity index (χ3n) is 5.48. The van der Waals surface area contributed by atoms with E-state index >= 15 is 0 Å². The predicted octanol–water partition coefficient (Wildman–Crippen LogP) is 3.84. The average Bonchev–Trinajstić information content (AvgIpc) is 2.86. The van der Waals surface area contributed by atoms with E-state index in [0.29, 0.717) is 10.1 Å². The fraction of sp³-hybridized carbons (Fsp3) is 0.154. The van der Waals surface area contributed by atoms with E-state index in [2.05, 4.69) is 10.4 Å². The molecule has 0 unspecified atom stereocenters. The molecule has 190 valence electrons. The van der Waals surface area contributed by atoms with Crippen LogP contribution in [0, 0.1) is 12.7 Å². The summed E-state index contributed by atoms with van der Waals surface area (Å²) in [7, 11) is 0. The van der Waals surface area contributed by atoms with Gasteiger partial charge in [-0.2, -0.15) is 23.0 Å². The van der Waals surface area contributed by atoms with Crippen molar-refractivity contribution >= 4 is 5.91 Å². The van der Waals surface area contributed by atoms with Gasteiger partial charge in [-0.1, -0.05) is 36.4 Å². The molecule has 0 saturated carbocycles. The van der Waals surface area contributed by atoms with Crippen LogP contribution in [0.25, 0.3) is 5.69 Å². The lowest BCUT2D eigenvalue weighted by atomic mass is 10.1. The highest BCUT2D eigenvalue weighted by atomic mass is 19.4. The molecule has 7 nitrogen and oxygen atoms in total. The highest BCUT2D eigenvalue weighted by molar-refractivity contribution is 5.91. The summed E-state index contributed by atoms with van der Waals surface area (Å²) < 4.78 is 54.2. The number of nitrogens with zero attached hydrogens (tertiary/aromatic N) is 3. The molecule has 0 fully saturated rings. The Hall–Kier alpha value is -4.54. The van der Waals surface area contributed by atoms with Crippen LogP contribution in [0.1, 0.15) is 32.7 Å². The molecule has 0 aliphatic rings. The molecule has 0 spiro atoms. The summed E-state index contributed by atoms with van der Waals surface area (Å²) in [5.74, 6) is -1.37. The van der Waals surface area contributed by atoms with Crippen molar-refractivity contribution < 1.29 is 22.4 Å². The summed E-state index contributed by atoms with van der Waals surface area (Å²) in [6.45, 7) is 1.19. The summed E-state index contributed by atoms with van der Waals surface area (Å²) in [5.41, 5.74) is -1.95. The highest BCUT2D eigenvalue weighted by Gasteiger charge is 2.30. The van der Waals surface area contributed by atoms with Crippen molar-refractivity contribution in [3.63, 3.8) is 0 Å². The van der Waals surface area contributed by atoms with E-state index in [1.54, 1.807) is 31.2 Å². The van der Waals surface area contributed by atoms with Crippen LogP contribution < -0.4 is 16.6 Å². The number of benzene rings is 3. The van der Waals surface area contributed by atoms with E-state index in [1.807, 2.05) is 0 Å². The minimum Gasteiger partial charge on any atom is -0.346 e. The average molecular weight is 512 g/mol. The number of carbonyl (C=O) groups excluding carboxylic acids is 1. The number of carbonyl (C=O) groups is 1. The molecule has 1 heterocycles. The number of aryl methyl sites for hydroxylation is 1. The topological polar surface area (TPSA) is 86.0 Å². The van der Waals surface area contributed by atoms with Crippen LogP contribution in [0.2, 0.25) is 0 Å². The van der Waals surface area contributed by atoms with Crippen LogP contribution in [-0.2, 0) is 19.3 Å². The molecule has 3 aromatic carbocycles. The maximum Gasteiger partial charge on any atom is 0.416 e. The van der Waals surface area contributed by atoms with Crippen molar-refractivity contribution in [1.29, 1.82) is 0 Å². The van der Waals surface area contributed by atoms with Gasteiger partial charge in [0.25, 0.3) is 11.5 Å². The Balaban J connectivity index is 1.78. The van der Waals surface area contributed by atoms with Crippen LogP contribution >= 0.6 is 0 Å². The zero-order chi connectivity index (χ0) is 26.7. The van der Waals surface area contributed by atoms with Crippen LogP contribution in [0.5, 0.6) is 0 Å². The molecule has 0 saturated heterocycles. The first-order valence-corrected chi connectivity index (χ1v) is 11.0. The van der Waals surface area contributed by atoms with E-state index < -0.39 is 47.0 Å². The maximum absolute atomic E-state index is 13.2. The number of halogens is 4. The molecular weight excluding hydrogens is 492 g/mol. The first-order chi connectivity index (χ1) is 17.5. The Bertz CT molecular complexity index is 1570. The monoisotopic (exact) mass is 512 g/mol. The van der Waals surface area contributed by atoms with E-state index in [1.165, 1.54) is 36.4 Å². The number of rotatable bonds is 6. The Morgan fingerprint density at radius 1 is 0.946 bits per heavy atom.